The van der Waals surface area contributed by atoms with Gasteiger partial charge in [-0.05, 0) is 25.9 Å². The maximum atomic E-state index is 11.1. The first kappa shape index (κ1) is 12.6. The topological polar surface area (TPSA) is 55.1 Å². The number of rotatable bonds is 8. The van der Waals surface area contributed by atoms with E-state index >= 15 is 0 Å². The number of nitrogens with two attached hydrogens (primary N) is 1. The molecule has 0 aliphatic rings. The van der Waals surface area contributed by atoms with Gasteiger partial charge >= 0.3 is 0 Å². The first-order chi connectivity index (χ1) is 6.22. The quantitative estimate of drug-likeness (QED) is 0.558. The van der Waals surface area contributed by atoms with Crippen LogP contribution in [-0.4, -0.2) is 24.9 Å². The van der Waals surface area contributed by atoms with Crippen LogP contribution >= 0.6 is 0 Å². The van der Waals surface area contributed by atoms with Crippen LogP contribution in [0.1, 0.15) is 39.5 Å². The van der Waals surface area contributed by atoms with Crippen LogP contribution in [0.2, 0.25) is 0 Å². The zero-order valence-electron chi connectivity index (χ0n) is 8.81. The predicted molar refractivity (Wildman–Crippen MR) is 55.7 cm³/mol. The van der Waals surface area contributed by atoms with Crippen molar-refractivity contribution in [2.75, 3.05) is 13.1 Å². The van der Waals surface area contributed by atoms with E-state index in [0.717, 1.165) is 32.4 Å². The molecule has 1 unspecified atom stereocenters. The summed E-state index contributed by atoms with van der Waals surface area (Å²) in [6, 6.07) is -0.230. The summed E-state index contributed by atoms with van der Waals surface area (Å²) < 4.78 is 0. The molecule has 0 aliphatic carbocycles. The van der Waals surface area contributed by atoms with Gasteiger partial charge in [-0.2, -0.15) is 0 Å². The van der Waals surface area contributed by atoms with Gasteiger partial charge in [0, 0.05) is 6.42 Å². The zero-order chi connectivity index (χ0) is 10.1. The van der Waals surface area contributed by atoms with Gasteiger partial charge in [0.1, 0.15) is 5.78 Å². The molecule has 0 bridgehead atoms. The predicted octanol–water partition coefficient (Wildman–Crippen LogP) is 1.07. The van der Waals surface area contributed by atoms with Crippen molar-refractivity contribution in [1.82, 2.24) is 5.32 Å². The van der Waals surface area contributed by atoms with Crippen LogP contribution in [0, 0.1) is 0 Å². The second-order valence-electron chi connectivity index (χ2n) is 3.28. The summed E-state index contributed by atoms with van der Waals surface area (Å²) in [5, 5.41) is 3.24. The van der Waals surface area contributed by atoms with Gasteiger partial charge in [0.05, 0.1) is 6.04 Å². The third-order valence-corrected chi connectivity index (χ3v) is 2.13. The summed E-state index contributed by atoms with van der Waals surface area (Å²) in [5.74, 6) is 0.184. The van der Waals surface area contributed by atoms with E-state index in [2.05, 4.69) is 12.2 Å². The first-order valence-corrected chi connectivity index (χ1v) is 5.21. The SMILES string of the molecule is CCNCCCCC(N)C(=O)CC. The molecule has 0 spiro atoms. The molecule has 0 heterocycles. The zero-order valence-corrected chi connectivity index (χ0v) is 8.81. The molecule has 0 saturated carbocycles. The number of carbonyl (C=O) groups is 1. The Hall–Kier alpha value is -0.410. The largest absolute Gasteiger partial charge is 0.322 e. The summed E-state index contributed by atoms with van der Waals surface area (Å²) in [4.78, 5) is 11.1. The van der Waals surface area contributed by atoms with Gasteiger partial charge in [0.15, 0.2) is 0 Å². The smallest absolute Gasteiger partial charge is 0.149 e. The van der Waals surface area contributed by atoms with Gasteiger partial charge in [-0.15, -0.1) is 0 Å². The Morgan fingerprint density at radius 3 is 2.62 bits per heavy atom. The molecule has 3 nitrogen and oxygen atoms in total. The number of hydrogen-bond acceptors (Lipinski definition) is 3. The van der Waals surface area contributed by atoms with Gasteiger partial charge in [-0.3, -0.25) is 4.79 Å². The average molecular weight is 186 g/mol. The summed E-state index contributed by atoms with van der Waals surface area (Å²) in [6.45, 7) is 6.00. The van der Waals surface area contributed by atoms with E-state index in [1.165, 1.54) is 0 Å². The highest BCUT2D eigenvalue weighted by Gasteiger charge is 2.09. The Morgan fingerprint density at radius 1 is 1.38 bits per heavy atom. The van der Waals surface area contributed by atoms with Crippen LogP contribution in [0.4, 0.5) is 0 Å². The molecule has 0 aliphatic heterocycles. The van der Waals surface area contributed by atoms with E-state index in [1.54, 1.807) is 0 Å². The molecule has 0 saturated heterocycles. The fraction of sp³-hybridized carbons (Fsp3) is 0.900. The van der Waals surface area contributed by atoms with E-state index < -0.39 is 0 Å². The number of unbranched alkanes of at least 4 members (excludes halogenated alkanes) is 1. The van der Waals surface area contributed by atoms with Gasteiger partial charge in [-0.1, -0.05) is 20.3 Å². The molecule has 3 N–H and O–H groups in total. The van der Waals surface area contributed by atoms with Crippen LogP contribution in [0.25, 0.3) is 0 Å². The molecule has 0 fully saturated rings. The maximum Gasteiger partial charge on any atom is 0.149 e. The van der Waals surface area contributed by atoms with Crippen molar-refractivity contribution < 1.29 is 4.79 Å². The highest BCUT2D eigenvalue weighted by Crippen LogP contribution is 2.00. The second-order valence-corrected chi connectivity index (χ2v) is 3.28. The van der Waals surface area contributed by atoms with Crippen LogP contribution in [0.3, 0.4) is 0 Å². The van der Waals surface area contributed by atoms with Crippen molar-refractivity contribution in [2.45, 2.75) is 45.6 Å². The number of hydrogen-bond donors (Lipinski definition) is 2. The van der Waals surface area contributed by atoms with Crippen molar-refractivity contribution in [1.29, 1.82) is 0 Å². The Bertz CT molecular complexity index is 137. The molecular weight excluding hydrogens is 164 g/mol. The highest BCUT2D eigenvalue weighted by molar-refractivity contribution is 5.83. The molecule has 0 aromatic carbocycles. The minimum absolute atomic E-state index is 0.184. The summed E-state index contributed by atoms with van der Waals surface area (Å²) in [5.41, 5.74) is 5.67. The fourth-order valence-electron chi connectivity index (χ4n) is 1.21. The lowest BCUT2D eigenvalue weighted by Crippen LogP contribution is -2.29. The number of nitrogens with one attached hydrogen (secondary N) is 1. The Balaban J connectivity index is 3.26. The normalized spacial score (nSPS) is 12.8. The van der Waals surface area contributed by atoms with Crippen molar-refractivity contribution in [3.8, 4) is 0 Å². The molecule has 78 valence electrons. The summed E-state index contributed by atoms with van der Waals surface area (Å²) >= 11 is 0. The molecule has 0 aromatic heterocycles. The van der Waals surface area contributed by atoms with E-state index in [9.17, 15) is 4.79 Å². The van der Waals surface area contributed by atoms with E-state index in [4.69, 9.17) is 5.73 Å². The summed E-state index contributed by atoms with van der Waals surface area (Å²) in [6.07, 6.45) is 3.55. The second kappa shape index (κ2) is 8.20. The first-order valence-electron chi connectivity index (χ1n) is 5.21. The van der Waals surface area contributed by atoms with Crippen LogP contribution in [-0.2, 0) is 4.79 Å². The number of ketones is 1. The van der Waals surface area contributed by atoms with E-state index in [-0.39, 0.29) is 11.8 Å². The monoisotopic (exact) mass is 186 g/mol. The average Bonchev–Trinajstić information content (AvgIpc) is 2.16. The van der Waals surface area contributed by atoms with Crippen molar-refractivity contribution in [3.63, 3.8) is 0 Å². The van der Waals surface area contributed by atoms with E-state index in [0.29, 0.717) is 6.42 Å². The maximum absolute atomic E-state index is 11.1. The fourth-order valence-corrected chi connectivity index (χ4v) is 1.21. The molecule has 0 amide bonds. The van der Waals surface area contributed by atoms with Crippen molar-refractivity contribution in [2.24, 2.45) is 5.73 Å². The van der Waals surface area contributed by atoms with Crippen molar-refractivity contribution >= 4 is 5.78 Å². The molecule has 0 aromatic rings. The van der Waals surface area contributed by atoms with Gasteiger partial charge < -0.3 is 11.1 Å². The van der Waals surface area contributed by atoms with Crippen LogP contribution in [0.15, 0.2) is 0 Å². The van der Waals surface area contributed by atoms with Gasteiger partial charge in [0.25, 0.3) is 0 Å². The highest BCUT2D eigenvalue weighted by atomic mass is 16.1. The number of carbonyl (C=O) groups excluding carboxylic acids is 1. The lowest BCUT2D eigenvalue weighted by atomic mass is 10.0. The molecule has 1 atom stereocenters. The Labute approximate surface area is 81.1 Å². The lowest BCUT2D eigenvalue weighted by Gasteiger charge is -2.08. The minimum atomic E-state index is -0.230. The number of Topliss-reactive ketones (excluding diaryl/α,β-unsaturated/α-hetero) is 1. The minimum Gasteiger partial charge on any atom is -0.322 e. The molecule has 13 heavy (non-hydrogen) atoms. The molecule has 0 rings (SSSR count). The molecule has 3 heteroatoms. The Kier molecular flexibility index (Phi) is 7.94. The third kappa shape index (κ3) is 6.72. The van der Waals surface area contributed by atoms with Crippen LogP contribution in [0.5, 0.6) is 0 Å². The van der Waals surface area contributed by atoms with Gasteiger partial charge in [-0.25, -0.2) is 0 Å². The van der Waals surface area contributed by atoms with Crippen molar-refractivity contribution in [3.05, 3.63) is 0 Å². The standard InChI is InChI=1S/C10H22N2O/c1-3-10(13)9(11)7-5-6-8-12-4-2/h9,12H,3-8,11H2,1-2H3. The molecular formula is C10H22N2O. The van der Waals surface area contributed by atoms with Crippen LogP contribution < -0.4 is 11.1 Å². The lowest BCUT2D eigenvalue weighted by molar-refractivity contribution is -0.120. The molecule has 0 radical (unpaired) electrons. The summed E-state index contributed by atoms with van der Waals surface area (Å²) in [7, 11) is 0. The third-order valence-electron chi connectivity index (χ3n) is 2.13. The van der Waals surface area contributed by atoms with E-state index in [1.807, 2.05) is 6.92 Å². The van der Waals surface area contributed by atoms with Gasteiger partial charge in [0.2, 0.25) is 0 Å². The Morgan fingerprint density at radius 2 is 2.08 bits per heavy atom.